The lowest BCUT2D eigenvalue weighted by molar-refractivity contribution is -0.113. The Labute approximate surface area is 203 Å². The van der Waals surface area contributed by atoms with Crippen molar-refractivity contribution >= 4 is 40.9 Å². The number of hydrogen-bond acceptors (Lipinski definition) is 5. The number of rotatable bonds is 8. The van der Waals surface area contributed by atoms with Gasteiger partial charge >= 0.3 is 0 Å². The van der Waals surface area contributed by atoms with Crippen LogP contribution in [0.5, 0.6) is 0 Å². The third kappa shape index (κ3) is 6.36. The van der Waals surface area contributed by atoms with E-state index >= 15 is 0 Å². The number of nitrogens with one attached hydrogen (secondary N) is 2. The molecule has 0 aliphatic heterocycles. The number of thioether (sulfide) groups is 1. The van der Waals surface area contributed by atoms with Crippen LogP contribution in [-0.4, -0.2) is 32.3 Å². The van der Waals surface area contributed by atoms with Crippen LogP contribution >= 0.6 is 23.4 Å². The predicted molar refractivity (Wildman–Crippen MR) is 133 cm³/mol. The van der Waals surface area contributed by atoms with Crippen molar-refractivity contribution in [2.75, 3.05) is 11.1 Å². The van der Waals surface area contributed by atoms with Gasteiger partial charge in [0.05, 0.1) is 11.8 Å². The Morgan fingerprint density at radius 1 is 1.12 bits per heavy atom. The third-order valence-corrected chi connectivity index (χ3v) is 6.60. The molecule has 1 aromatic heterocycles. The predicted octanol–water partition coefficient (Wildman–Crippen LogP) is 4.94. The topological polar surface area (TPSA) is 88.9 Å². The molecule has 33 heavy (non-hydrogen) atoms. The third-order valence-electron chi connectivity index (χ3n) is 5.17. The lowest BCUT2D eigenvalue weighted by Gasteiger charge is -2.21. The van der Waals surface area contributed by atoms with Crippen LogP contribution < -0.4 is 10.6 Å². The molecule has 0 saturated heterocycles. The number of benzene rings is 2. The fraction of sp³-hybridized carbons (Fsp3) is 0.333. The Hall–Kier alpha value is -2.84. The van der Waals surface area contributed by atoms with Gasteiger partial charge in [0.15, 0.2) is 11.0 Å². The summed E-state index contributed by atoms with van der Waals surface area (Å²) in [5.74, 6) is 0.566. The fourth-order valence-electron chi connectivity index (χ4n) is 3.26. The minimum atomic E-state index is -0.326. The zero-order valence-electron chi connectivity index (χ0n) is 19.3. The Balaban J connectivity index is 1.66. The van der Waals surface area contributed by atoms with Crippen molar-refractivity contribution in [3.63, 3.8) is 0 Å². The fourth-order valence-corrected chi connectivity index (χ4v) is 4.16. The SMILES string of the molecule is Cc1cccc(C(=O)N[C@@H](c2nnc(SCC(=O)Nc3ccc(C)c(Cl)c3)n2C)C(C)C)c1. The largest absolute Gasteiger partial charge is 0.342 e. The van der Waals surface area contributed by atoms with E-state index in [9.17, 15) is 9.59 Å². The van der Waals surface area contributed by atoms with Crippen LogP contribution in [-0.2, 0) is 11.8 Å². The lowest BCUT2D eigenvalue weighted by Crippen LogP contribution is -2.33. The summed E-state index contributed by atoms with van der Waals surface area (Å²) >= 11 is 7.40. The number of halogens is 1. The Morgan fingerprint density at radius 3 is 2.55 bits per heavy atom. The minimum absolute atomic E-state index is 0.0918. The number of amides is 2. The van der Waals surface area contributed by atoms with E-state index in [-0.39, 0.29) is 29.5 Å². The second-order valence-electron chi connectivity index (χ2n) is 8.27. The van der Waals surface area contributed by atoms with Crippen molar-refractivity contribution in [2.24, 2.45) is 13.0 Å². The monoisotopic (exact) mass is 485 g/mol. The first-order chi connectivity index (χ1) is 15.7. The van der Waals surface area contributed by atoms with Crippen LogP contribution in [0.1, 0.15) is 47.2 Å². The van der Waals surface area contributed by atoms with Crippen LogP contribution in [0.2, 0.25) is 5.02 Å². The van der Waals surface area contributed by atoms with Gasteiger partial charge in [-0.1, -0.05) is 61.0 Å². The van der Waals surface area contributed by atoms with Crippen molar-refractivity contribution < 1.29 is 9.59 Å². The molecule has 0 spiro atoms. The first-order valence-corrected chi connectivity index (χ1v) is 12.0. The van der Waals surface area contributed by atoms with Crippen molar-refractivity contribution in [1.82, 2.24) is 20.1 Å². The van der Waals surface area contributed by atoms with Gasteiger partial charge in [-0.25, -0.2) is 0 Å². The molecule has 2 aromatic carbocycles. The number of aryl methyl sites for hydroxylation is 2. The summed E-state index contributed by atoms with van der Waals surface area (Å²) < 4.78 is 1.82. The number of hydrogen-bond donors (Lipinski definition) is 2. The molecule has 1 heterocycles. The van der Waals surface area contributed by atoms with Gasteiger partial charge in [-0.2, -0.15) is 0 Å². The molecule has 1 atom stereocenters. The van der Waals surface area contributed by atoms with E-state index in [1.54, 1.807) is 12.1 Å². The number of carbonyl (C=O) groups excluding carboxylic acids is 2. The van der Waals surface area contributed by atoms with Gasteiger partial charge in [-0.15, -0.1) is 10.2 Å². The number of nitrogens with zero attached hydrogens (tertiary/aromatic N) is 3. The molecule has 9 heteroatoms. The summed E-state index contributed by atoms with van der Waals surface area (Å²) in [5.41, 5.74) is 3.22. The molecular formula is C24H28ClN5O2S. The minimum Gasteiger partial charge on any atom is -0.342 e. The normalized spacial score (nSPS) is 12.0. The van der Waals surface area contributed by atoms with Gasteiger partial charge in [-0.05, 0) is 49.6 Å². The van der Waals surface area contributed by atoms with E-state index in [0.29, 0.717) is 27.3 Å². The summed E-state index contributed by atoms with van der Waals surface area (Å²) in [6.07, 6.45) is 0. The number of anilines is 1. The molecule has 174 valence electrons. The van der Waals surface area contributed by atoms with Crippen LogP contribution in [0, 0.1) is 19.8 Å². The maximum atomic E-state index is 12.8. The van der Waals surface area contributed by atoms with E-state index < -0.39 is 0 Å². The molecule has 3 rings (SSSR count). The van der Waals surface area contributed by atoms with Crippen LogP contribution in [0.3, 0.4) is 0 Å². The first kappa shape index (κ1) is 24.8. The summed E-state index contributed by atoms with van der Waals surface area (Å²) in [6, 6.07) is 12.5. The standard InChI is InChI=1S/C24H28ClN5O2S/c1-14(2)21(27-23(32)17-8-6-7-15(3)11-17)22-28-29-24(30(22)5)33-13-20(31)26-18-10-9-16(4)19(25)12-18/h6-12,14,21H,13H2,1-5H3,(H,26,31)(H,27,32)/t21-/m1/s1. The summed E-state index contributed by atoms with van der Waals surface area (Å²) in [4.78, 5) is 25.2. The summed E-state index contributed by atoms with van der Waals surface area (Å²) in [7, 11) is 1.84. The molecule has 0 aliphatic rings. The molecule has 0 aliphatic carbocycles. The van der Waals surface area contributed by atoms with Gasteiger partial charge in [0, 0.05) is 23.3 Å². The lowest BCUT2D eigenvalue weighted by atomic mass is 10.0. The summed E-state index contributed by atoms with van der Waals surface area (Å²) in [6.45, 7) is 7.89. The zero-order valence-corrected chi connectivity index (χ0v) is 20.9. The van der Waals surface area contributed by atoms with Gasteiger partial charge in [0.2, 0.25) is 5.91 Å². The zero-order chi connectivity index (χ0) is 24.1. The smallest absolute Gasteiger partial charge is 0.251 e. The molecule has 0 radical (unpaired) electrons. The molecule has 3 aromatic rings. The maximum absolute atomic E-state index is 12.8. The molecule has 0 bridgehead atoms. The van der Waals surface area contributed by atoms with Gasteiger partial charge in [0.1, 0.15) is 0 Å². The van der Waals surface area contributed by atoms with E-state index in [2.05, 4.69) is 20.8 Å². The van der Waals surface area contributed by atoms with Crippen LogP contribution in [0.4, 0.5) is 5.69 Å². The average molecular weight is 486 g/mol. The van der Waals surface area contributed by atoms with Crippen molar-refractivity contribution in [1.29, 1.82) is 0 Å². The van der Waals surface area contributed by atoms with E-state index in [4.69, 9.17) is 11.6 Å². The molecule has 7 nitrogen and oxygen atoms in total. The van der Waals surface area contributed by atoms with Crippen molar-refractivity contribution in [3.05, 3.63) is 70.0 Å². The van der Waals surface area contributed by atoms with Crippen molar-refractivity contribution in [3.8, 4) is 0 Å². The highest BCUT2D eigenvalue weighted by Gasteiger charge is 2.25. The molecule has 0 unspecified atom stereocenters. The Morgan fingerprint density at radius 2 is 1.88 bits per heavy atom. The van der Waals surface area contributed by atoms with E-state index in [0.717, 1.165) is 11.1 Å². The number of carbonyl (C=O) groups is 2. The molecular weight excluding hydrogens is 458 g/mol. The average Bonchev–Trinajstić information content (AvgIpc) is 3.12. The highest BCUT2D eigenvalue weighted by Crippen LogP contribution is 2.25. The molecule has 0 saturated carbocycles. The highest BCUT2D eigenvalue weighted by molar-refractivity contribution is 7.99. The van der Waals surface area contributed by atoms with Gasteiger partial charge in [-0.3, -0.25) is 9.59 Å². The molecule has 2 N–H and O–H groups in total. The van der Waals surface area contributed by atoms with Crippen LogP contribution in [0.25, 0.3) is 0 Å². The van der Waals surface area contributed by atoms with Gasteiger partial charge in [0.25, 0.3) is 5.91 Å². The maximum Gasteiger partial charge on any atom is 0.251 e. The van der Waals surface area contributed by atoms with Crippen LogP contribution in [0.15, 0.2) is 47.6 Å². The van der Waals surface area contributed by atoms with E-state index in [1.807, 2.05) is 69.6 Å². The number of aromatic nitrogens is 3. The second kappa shape index (κ2) is 10.9. The molecule has 0 fully saturated rings. The quantitative estimate of drug-likeness (QED) is 0.441. The summed E-state index contributed by atoms with van der Waals surface area (Å²) in [5, 5.41) is 15.7. The second-order valence-corrected chi connectivity index (χ2v) is 9.61. The Bertz CT molecular complexity index is 1160. The Kier molecular flexibility index (Phi) is 8.15. The van der Waals surface area contributed by atoms with Crippen molar-refractivity contribution in [2.45, 2.75) is 38.9 Å². The van der Waals surface area contributed by atoms with Gasteiger partial charge < -0.3 is 15.2 Å². The highest BCUT2D eigenvalue weighted by atomic mass is 35.5. The van der Waals surface area contributed by atoms with E-state index in [1.165, 1.54) is 11.8 Å². The molecule has 2 amide bonds. The first-order valence-electron chi connectivity index (χ1n) is 10.6.